The SMILES string of the molecule is c1ccc(OCCCc2cccc3c2[C@H]2CCNCC[C@@H]2N3)cc1. The Morgan fingerprint density at radius 2 is 1.83 bits per heavy atom. The minimum Gasteiger partial charge on any atom is -0.494 e. The van der Waals surface area contributed by atoms with Gasteiger partial charge in [-0.1, -0.05) is 30.3 Å². The Hall–Kier alpha value is -2.00. The zero-order chi connectivity index (χ0) is 16.2. The average Bonchev–Trinajstić information content (AvgIpc) is 2.82. The van der Waals surface area contributed by atoms with E-state index in [-0.39, 0.29) is 0 Å². The molecule has 2 aromatic carbocycles. The molecule has 4 rings (SSSR count). The highest BCUT2D eigenvalue weighted by Crippen LogP contribution is 2.42. The van der Waals surface area contributed by atoms with Gasteiger partial charge in [0, 0.05) is 17.6 Å². The van der Waals surface area contributed by atoms with Crippen LogP contribution in [-0.2, 0) is 6.42 Å². The van der Waals surface area contributed by atoms with Crippen LogP contribution in [0.25, 0.3) is 0 Å². The Balaban J connectivity index is 1.41. The van der Waals surface area contributed by atoms with Crippen molar-refractivity contribution in [3.63, 3.8) is 0 Å². The molecule has 0 spiro atoms. The monoisotopic (exact) mass is 322 g/mol. The smallest absolute Gasteiger partial charge is 0.119 e. The van der Waals surface area contributed by atoms with Gasteiger partial charge in [-0.2, -0.15) is 0 Å². The highest BCUT2D eigenvalue weighted by atomic mass is 16.5. The van der Waals surface area contributed by atoms with Gasteiger partial charge >= 0.3 is 0 Å². The summed E-state index contributed by atoms with van der Waals surface area (Å²) >= 11 is 0. The third-order valence-corrected chi connectivity index (χ3v) is 5.26. The van der Waals surface area contributed by atoms with Gasteiger partial charge in [-0.25, -0.2) is 0 Å². The highest BCUT2D eigenvalue weighted by Gasteiger charge is 2.34. The molecule has 0 aliphatic carbocycles. The van der Waals surface area contributed by atoms with E-state index in [1.165, 1.54) is 24.1 Å². The molecule has 126 valence electrons. The van der Waals surface area contributed by atoms with Gasteiger partial charge in [0.2, 0.25) is 0 Å². The van der Waals surface area contributed by atoms with Crippen LogP contribution in [0.5, 0.6) is 5.75 Å². The summed E-state index contributed by atoms with van der Waals surface area (Å²) in [7, 11) is 0. The molecule has 1 fully saturated rings. The fourth-order valence-electron chi connectivity index (χ4n) is 4.12. The molecule has 2 heterocycles. The Kier molecular flexibility index (Phi) is 4.70. The summed E-state index contributed by atoms with van der Waals surface area (Å²) in [5.41, 5.74) is 4.45. The second kappa shape index (κ2) is 7.27. The van der Waals surface area contributed by atoms with Crippen LogP contribution in [0.3, 0.4) is 0 Å². The maximum Gasteiger partial charge on any atom is 0.119 e. The molecule has 0 bridgehead atoms. The summed E-state index contributed by atoms with van der Waals surface area (Å²) in [5.74, 6) is 1.63. The number of hydrogen-bond donors (Lipinski definition) is 2. The number of hydrogen-bond acceptors (Lipinski definition) is 3. The highest BCUT2D eigenvalue weighted by molar-refractivity contribution is 5.62. The first-order valence-corrected chi connectivity index (χ1v) is 9.19. The van der Waals surface area contributed by atoms with E-state index in [2.05, 4.69) is 28.8 Å². The number of aryl methyl sites for hydroxylation is 1. The van der Waals surface area contributed by atoms with E-state index in [0.29, 0.717) is 12.0 Å². The van der Waals surface area contributed by atoms with E-state index >= 15 is 0 Å². The number of rotatable bonds is 5. The average molecular weight is 322 g/mol. The third-order valence-electron chi connectivity index (χ3n) is 5.26. The van der Waals surface area contributed by atoms with Crippen LogP contribution in [0.4, 0.5) is 5.69 Å². The predicted molar refractivity (Wildman–Crippen MR) is 99.0 cm³/mol. The van der Waals surface area contributed by atoms with Crippen molar-refractivity contribution in [2.24, 2.45) is 0 Å². The molecule has 2 aliphatic heterocycles. The number of nitrogens with one attached hydrogen (secondary N) is 2. The normalized spacial score (nSPS) is 22.2. The van der Waals surface area contributed by atoms with Crippen LogP contribution >= 0.6 is 0 Å². The van der Waals surface area contributed by atoms with Crippen molar-refractivity contribution in [2.75, 3.05) is 25.0 Å². The minimum absolute atomic E-state index is 0.608. The molecular weight excluding hydrogens is 296 g/mol. The molecule has 2 atom stereocenters. The standard InChI is InChI=1S/C21H26N2O/c1-2-8-17(9-3-1)24-15-5-7-16-6-4-10-20-21(16)18-11-13-22-14-12-19(18)23-20/h1-4,6,8-10,18-19,22-23H,5,7,11-15H2/t18-,19-/m0/s1. The van der Waals surface area contributed by atoms with Crippen molar-refractivity contribution in [2.45, 2.75) is 37.6 Å². The van der Waals surface area contributed by atoms with Crippen molar-refractivity contribution in [1.29, 1.82) is 0 Å². The lowest BCUT2D eigenvalue weighted by Crippen LogP contribution is -2.21. The zero-order valence-corrected chi connectivity index (χ0v) is 14.1. The van der Waals surface area contributed by atoms with Crippen LogP contribution in [0.2, 0.25) is 0 Å². The Morgan fingerprint density at radius 1 is 0.958 bits per heavy atom. The van der Waals surface area contributed by atoms with Gasteiger partial charge < -0.3 is 15.4 Å². The van der Waals surface area contributed by atoms with Gasteiger partial charge in [0.1, 0.15) is 5.75 Å². The summed E-state index contributed by atoms with van der Waals surface area (Å²) in [4.78, 5) is 0. The summed E-state index contributed by atoms with van der Waals surface area (Å²) in [6.07, 6.45) is 4.60. The minimum atomic E-state index is 0.608. The quantitative estimate of drug-likeness (QED) is 0.818. The fourth-order valence-corrected chi connectivity index (χ4v) is 4.12. The largest absolute Gasteiger partial charge is 0.494 e. The lowest BCUT2D eigenvalue weighted by molar-refractivity contribution is 0.311. The molecule has 3 heteroatoms. The third kappa shape index (κ3) is 3.27. The Morgan fingerprint density at radius 3 is 2.75 bits per heavy atom. The molecule has 2 aromatic rings. The van der Waals surface area contributed by atoms with Gasteiger partial charge in [-0.05, 0) is 68.1 Å². The van der Waals surface area contributed by atoms with Crippen LogP contribution in [0, 0.1) is 0 Å². The van der Waals surface area contributed by atoms with Crippen molar-refractivity contribution in [3.05, 3.63) is 59.7 Å². The van der Waals surface area contributed by atoms with Crippen molar-refractivity contribution >= 4 is 5.69 Å². The second-order valence-electron chi connectivity index (χ2n) is 6.83. The predicted octanol–water partition coefficient (Wildman–Crippen LogP) is 3.96. The number of ether oxygens (including phenoxy) is 1. The number of anilines is 1. The van der Waals surface area contributed by atoms with E-state index < -0.39 is 0 Å². The molecule has 1 saturated heterocycles. The number of benzene rings is 2. The summed E-state index contributed by atoms with van der Waals surface area (Å²) in [5, 5.41) is 7.30. The summed E-state index contributed by atoms with van der Waals surface area (Å²) in [6, 6.07) is 17.5. The molecular formula is C21H26N2O. The first-order chi connectivity index (χ1) is 11.9. The van der Waals surface area contributed by atoms with Crippen LogP contribution in [0.1, 0.15) is 36.3 Å². The molecule has 2 N–H and O–H groups in total. The Labute approximate surface area is 144 Å². The molecule has 2 aliphatic rings. The van der Waals surface area contributed by atoms with Gasteiger partial charge in [-0.15, -0.1) is 0 Å². The molecule has 0 amide bonds. The van der Waals surface area contributed by atoms with Crippen molar-refractivity contribution < 1.29 is 4.74 Å². The first-order valence-electron chi connectivity index (χ1n) is 9.19. The maximum absolute atomic E-state index is 5.85. The van der Waals surface area contributed by atoms with Gasteiger partial charge in [0.25, 0.3) is 0 Å². The molecule has 24 heavy (non-hydrogen) atoms. The fraction of sp³-hybridized carbons (Fsp3) is 0.429. The lowest BCUT2D eigenvalue weighted by atomic mass is 9.87. The van der Waals surface area contributed by atoms with E-state index in [9.17, 15) is 0 Å². The molecule has 0 saturated carbocycles. The zero-order valence-electron chi connectivity index (χ0n) is 14.1. The van der Waals surface area contributed by atoms with Crippen molar-refractivity contribution in [3.8, 4) is 5.75 Å². The van der Waals surface area contributed by atoms with E-state index in [1.54, 1.807) is 5.56 Å². The van der Waals surface area contributed by atoms with Crippen LogP contribution in [0.15, 0.2) is 48.5 Å². The Bertz CT molecular complexity index is 671. The van der Waals surface area contributed by atoms with Crippen molar-refractivity contribution in [1.82, 2.24) is 5.32 Å². The summed E-state index contributed by atoms with van der Waals surface area (Å²) in [6.45, 7) is 3.03. The van der Waals surface area contributed by atoms with Gasteiger partial charge in [0.05, 0.1) is 6.61 Å². The lowest BCUT2D eigenvalue weighted by Gasteiger charge is -2.18. The summed E-state index contributed by atoms with van der Waals surface area (Å²) < 4.78 is 5.85. The molecule has 0 unspecified atom stereocenters. The van der Waals surface area contributed by atoms with Gasteiger partial charge in [-0.3, -0.25) is 0 Å². The number of para-hydroxylation sites is 1. The van der Waals surface area contributed by atoms with Crippen LogP contribution in [-0.4, -0.2) is 25.7 Å². The van der Waals surface area contributed by atoms with Gasteiger partial charge in [0.15, 0.2) is 0 Å². The van der Waals surface area contributed by atoms with E-state index in [0.717, 1.165) is 38.3 Å². The van der Waals surface area contributed by atoms with Crippen LogP contribution < -0.4 is 15.4 Å². The molecule has 0 aromatic heterocycles. The maximum atomic E-state index is 5.85. The topological polar surface area (TPSA) is 33.3 Å². The molecule has 3 nitrogen and oxygen atoms in total. The second-order valence-corrected chi connectivity index (χ2v) is 6.83. The number of fused-ring (bicyclic) bond motifs is 3. The first kappa shape index (κ1) is 15.5. The van der Waals surface area contributed by atoms with E-state index in [4.69, 9.17) is 4.74 Å². The molecule has 0 radical (unpaired) electrons. The van der Waals surface area contributed by atoms with E-state index in [1.807, 2.05) is 30.3 Å².